The first-order valence-electron chi connectivity index (χ1n) is 6.42. The van der Waals surface area contributed by atoms with Crippen LogP contribution in [-0.2, 0) is 14.6 Å². The van der Waals surface area contributed by atoms with Crippen molar-refractivity contribution in [1.82, 2.24) is 0 Å². The van der Waals surface area contributed by atoms with Gasteiger partial charge in [-0.1, -0.05) is 0 Å². The van der Waals surface area contributed by atoms with Crippen LogP contribution in [0.4, 0.5) is 0 Å². The quantitative estimate of drug-likeness (QED) is 0.831. The van der Waals surface area contributed by atoms with E-state index in [4.69, 9.17) is 4.74 Å². The lowest BCUT2D eigenvalue weighted by atomic mass is 10.0. The maximum Gasteiger partial charge on any atom is 0.175 e. The summed E-state index contributed by atoms with van der Waals surface area (Å²) in [6.07, 6.45) is 4.58. The molecule has 1 unspecified atom stereocenters. The molecule has 0 aromatic heterocycles. The number of Topliss-reactive ketones (excluding diaryl/α,β-unsaturated/α-hetero) is 1. The van der Waals surface area contributed by atoms with Crippen molar-refractivity contribution in [2.45, 2.75) is 30.6 Å². The summed E-state index contributed by atoms with van der Waals surface area (Å²) in [5.74, 6) is 1.13. The molecule has 1 aliphatic rings. The van der Waals surface area contributed by atoms with E-state index in [-0.39, 0.29) is 10.8 Å². The molecule has 1 aliphatic carbocycles. The molecule has 1 saturated carbocycles. The first-order chi connectivity index (χ1) is 8.97. The molecular weight excluding hydrogens is 264 g/mol. The van der Waals surface area contributed by atoms with E-state index in [1.165, 1.54) is 18.4 Å². The van der Waals surface area contributed by atoms with Crippen LogP contribution in [-0.4, -0.2) is 27.1 Å². The molecule has 0 N–H and O–H groups in total. The molecule has 104 valence electrons. The number of sulfone groups is 1. The molecule has 0 saturated heterocycles. The fourth-order valence-electron chi connectivity index (χ4n) is 2.30. The maximum atomic E-state index is 11.4. The van der Waals surface area contributed by atoms with Gasteiger partial charge < -0.3 is 4.74 Å². The summed E-state index contributed by atoms with van der Waals surface area (Å²) in [5, 5.41) is 0. The normalized spacial score (nSPS) is 19.6. The molecule has 1 aromatic carbocycles. The average molecular weight is 282 g/mol. The fraction of sp³-hybridized carbons (Fsp3) is 0.500. The van der Waals surface area contributed by atoms with Crippen molar-refractivity contribution >= 4 is 15.6 Å². The number of ether oxygens (including phenoxy) is 1. The van der Waals surface area contributed by atoms with Gasteiger partial charge in [-0.15, -0.1) is 0 Å². The van der Waals surface area contributed by atoms with Crippen LogP contribution in [0.25, 0.3) is 0 Å². The molecule has 0 bridgehead atoms. The van der Waals surface area contributed by atoms with Crippen LogP contribution < -0.4 is 4.74 Å². The monoisotopic (exact) mass is 282 g/mol. The Labute approximate surface area is 113 Å². The van der Waals surface area contributed by atoms with Crippen molar-refractivity contribution in [3.8, 4) is 5.75 Å². The number of carbonyl (C=O) groups is 1. The zero-order valence-electron chi connectivity index (χ0n) is 11.0. The Hall–Kier alpha value is -1.36. The highest BCUT2D eigenvalue weighted by Crippen LogP contribution is 2.24. The molecule has 0 heterocycles. The number of rotatable bonds is 5. The third kappa shape index (κ3) is 3.80. The second-order valence-electron chi connectivity index (χ2n) is 4.94. The smallest absolute Gasteiger partial charge is 0.175 e. The van der Waals surface area contributed by atoms with Crippen molar-refractivity contribution < 1.29 is 17.9 Å². The lowest BCUT2D eigenvalue weighted by Crippen LogP contribution is -2.11. The first-order valence-corrected chi connectivity index (χ1v) is 8.31. The molecule has 1 atom stereocenters. The molecule has 0 amide bonds. The zero-order chi connectivity index (χ0) is 13.9. The van der Waals surface area contributed by atoms with E-state index in [9.17, 15) is 13.2 Å². The van der Waals surface area contributed by atoms with E-state index in [0.29, 0.717) is 24.6 Å². The number of ketones is 1. The molecule has 2 rings (SSSR count). The van der Waals surface area contributed by atoms with Crippen molar-refractivity contribution in [2.24, 2.45) is 5.92 Å². The van der Waals surface area contributed by atoms with E-state index < -0.39 is 9.84 Å². The number of carbonyl (C=O) groups excluding carboxylic acids is 1. The van der Waals surface area contributed by atoms with Gasteiger partial charge in [0.2, 0.25) is 0 Å². The van der Waals surface area contributed by atoms with Crippen molar-refractivity contribution in [2.75, 3.05) is 12.9 Å². The highest BCUT2D eigenvalue weighted by Gasteiger charge is 2.23. The summed E-state index contributed by atoms with van der Waals surface area (Å²) >= 11 is 0. The number of benzene rings is 1. The Balaban J connectivity index is 1.85. The Morgan fingerprint density at radius 3 is 2.47 bits per heavy atom. The van der Waals surface area contributed by atoms with Gasteiger partial charge in [0.05, 0.1) is 11.5 Å². The van der Waals surface area contributed by atoms with Gasteiger partial charge in [0.15, 0.2) is 9.84 Å². The molecule has 4 nitrogen and oxygen atoms in total. The van der Waals surface area contributed by atoms with Crippen LogP contribution in [0.5, 0.6) is 5.75 Å². The van der Waals surface area contributed by atoms with Gasteiger partial charge in [0.1, 0.15) is 11.5 Å². The summed E-state index contributed by atoms with van der Waals surface area (Å²) in [4.78, 5) is 11.7. The Morgan fingerprint density at radius 2 is 1.95 bits per heavy atom. The van der Waals surface area contributed by atoms with Gasteiger partial charge in [-0.2, -0.15) is 0 Å². The average Bonchev–Trinajstić information content (AvgIpc) is 2.75. The van der Waals surface area contributed by atoms with Crippen molar-refractivity contribution in [3.63, 3.8) is 0 Å². The SMILES string of the molecule is CS(=O)(=O)c1ccc(OCCC2CCCC2=O)cc1. The Kier molecular flexibility index (Phi) is 4.24. The number of hydrogen-bond acceptors (Lipinski definition) is 4. The topological polar surface area (TPSA) is 60.4 Å². The van der Waals surface area contributed by atoms with Crippen LogP contribution in [0, 0.1) is 5.92 Å². The third-order valence-corrected chi connectivity index (χ3v) is 4.55. The van der Waals surface area contributed by atoms with E-state index in [1.807, 2.05) is 0 Å². The van der Waals surface area contributed by atoms with Crippen LogP contribution >= 0.6 is 0 Å². The van der Waals surface area contributed by atoms with Crippen molar-refractivity contribution in [3.05, 3.63) is 24.3 Å². The highest BCUT2D eigenvalue weighted by atomic mass is 32.2. The minimum atomic E-state index is -3.16. The molecular formula is C14H18O4S. The lowest BCUT2D eigenvalue weighted by Gasteiger charge is -2.10. The summed E-state index contributed by atoms with van der Waals surface area (Å²) < 4.78 is 28.1. The molecule has 0 spiro atoms. The van der Waals surface area contributed by atoms with E-state index in [1.54, 1.807) is 12.1 Å². The summed E-state index contributed by atoms with van der Waals surface area (Å²) in [7, 11) is -3.16. The van der Waals surface area contributed by atoms with E-state index in [2.05, 4.69) is 0 Å². The predicted molar refractivity (Wildman–Crippen MR) is 72.0 cm³/mol. The van der Waals surface area contributed by atoms with Crippen LogP contribution in [0.2, 0.25) is 0 Å². The minimum Gasteiger partial charge on any atom is -0.494 e. The Bertz CT molecular complexity index is 545. The van der Waals surface area contributed by atoms with E-state index >= 15 is 0 Å². The van der Waals surface area contributed by atoms with Gasteiger partial charge in [-0.3, -0.25) is 4.79 Å². The molecule has 19 heavy (non-hydrogen) atoms. The predicted octanol–water partition coefficient (Wildman–Crippen LogP) is 2.23. The second-order valence-corrected chi connectivity index (χ2v) is 6.95. The third-order valence-electron chi connectivity index (χ3n) is 3.42. The van der Waals surface area contributed by atoms with Crippen LogP contribution in [0.15, 0.2) is 29.2 Å². The van der Waals surface area contributed by atoms with Crippen molar-refractivity contribution in [1.29, 1.82) is 0 Å². The minimum absolute atomic E-state index is 0.148. The molecule has 1 aromatic rings. The Morgan fingerprint density at radius 1 is 1.26 bits per heavy atom. The second kappa shape index (κ2) is 5.74. The van der Waals surface area contributed by atoms with Gasteiger partial charge in [0, 0.05) is 18.6 Å². The lowest BCUT2D eigenvalue weighted by molar-refractivity contribution is -0.121. The zero-order valence-corrected chi connectivity index (χ0v) is 11.8. The molecule has 5 heteroatoms. The van der Waals surface area contributed by atoms with Gasteiger partial charge in [-0.05, 0) is 43.5 Å². The standard InChI is InChI=1S/C14H18O4S/c1-19(16,17)13-7-5-12(6-8-13)18-10-9-11-3-2-4-14(11)15/h5-8,11H,2-4,9-10H2,1H3. The highest BCUT2D eigenvalue weighted by molar-refractivity contribution is 7.90. The fourth-order valence-corrected chi connectivity index (χ4v) is 2.93. The summed E-state index contributed by atoms with van der Waals surface area (Å²) in [6, 6.07) is 6.36. The number of hydrogen-bond donors (Lipinski definition) is 0. The van der Waals surface area contributed by atoms with Gasteiger partial charge in [-0.25, -0.2) is 8.42 Å². The molecule has 0 radical (unpaired) electrons. The maximum absolute atomic E-state index is 11.4. The first kappa shape index (κ1) is 14.1. The van der Waals surface area contributed by atoms with Crippen LogP contribution in [0.1, 0.15) is 25.7 Å². The molecule has 1 fully saturated rings. The summed E-state index contributed by atoms with van der Waals surface area (Å²) in [6.45, 7) is 0.495. The van der Waals surface area contributed by atoms with Gasteiger partial charge >= 0.3 is 0 Å². The van der Waals surface area contributed by atoms with E-state index in [0.717, 1.165) is 19.3 Å². The van der Waals surface area contributed by atoms with Gasteiger partial charge in [0.25, 0.3) is 0 Å². The summed E-state index contributed by atoms with van der Waals surface area (Å²) in [5.41, 5.74) is 0. The molecule has 0 aliphatic heterocycles. The van der Waals surface area contributed by atoms with Crippen LogP contribution in [0.3, 0.4) is 0 Å². The largest absolute Gasteiger partial charge is 0.494 e.